The highest BCUT2D eigenvalue weighted by atomic mass is 19.4. The second-order valence-electron chi connectivity index (χ2n) is 5.62. The molecule has 1 unspecified atom stereocenters. The van der Waals surface area contributed by atoms with Crippen molar-refractivity contribution in [3.05, 3.63) is 18.1 Å². The van der Waals surface area contributed by atoms with Gasteiger partial charge in [-0.2, -0.15) is 18.4 Å². The molecule has 0 radical (unpaired) electrons. The normalized spacial score (nSPS) is 18.1. The zero-order valence-corrected chi connectivity index (χ0v) is 13.3. The highest BCUT2D eigenvalue weighted by Gasteiger charge is 2.36. The zero-order chi connectivity index (χ0) is 17.7. The van der Waals surface area contributed by atoms with E-state index in [1.165, 1.54) is 19.3 Å². The van der Waals surface area contributed by atoms with Crippen molar-refractivity contribution in [2.24, 2.45) is 5.92 Å². The van der Waals surface area contributed by atoms with E-state index in [-0.39, 0.29) is 12.2 Å². The van der Waals surface area contributed by atoms with E-state index in [4.69, 9.17) is 5.26 Å². The molecule has 6 nitrogen and oxygen atoms in total. The molecule has 1 amide bonds. The largest absolute Gasteiger partial charge is 0.406 e. The molecule has 24 heavy (non-hydrogen) atoms. The monoisotopic (exact) mass is 341 g/mol. The molecule has 2 heterocycles. The third kappa shape index (κ3) is 4.57. The van der Waals surface area contributed by atoms with Gasteiger partial charge in [0.05, 0.1) is 18.3 Å². The fourth-order valence-corrected chi connectivity index (χ4v) is 2.75. The molecule has 1 saturated heterocycles. The molecule has 0 spiro atoms. The van der Waals surface area contributed by atoms with Gasteiger partial charge in [0.25, 0.3) is 0 Å². The number of aromatic nitrogens is 2. The predicted molar refractivity (Wildman–Crippen MR) is 80.0 cm³/mol. The van der Waals surface area contributed by atoms with E-state index in [0.29, 0.717) is 31.7 Å². The summed E-state index contributed by atoms with van der Waals surface area (Å²) in [6, 6.07) is 1.87. The summed E-state index contributed by atoms with van der Waals surface area (Å²) in [5.41, 5.74) is 0.186. The third-order valence-corrected chi connectivity index (χ3v) is 3.91. The van der Waals surface area contributed by atoms with Crippen LogP contribution in [0.15, 0.2) is 12.4 Å². The van der Waals surface area contributed by atoms with Crippen molar-refractivity contribution < 1.29 is 18.0 Å². The summed E-state index contributed by atoms with van der Waals surface area (Å²) in [5.74, 6) is -0.468. The minimum atomic E-state index is -4.40. The van der Waals surface area contributed by atoms with Crippen LogP contribution in [-0.2, 0) is 4.79 Å². The maximum atomic E-state index is 12.6. The summed E-state index contributed by atoms with van der Waals surface area (Å²) >= 11 is 0. The number of nitrogens with zero attached hydrogens (tertiary/aromatic N) is 5. The minimum absolute atomic E-state index is 0.0194. The average Bonchev–Trinajstić information content (AvgIpc) is 2.58. The summed E-state index contributed by atoms with van der Waals surface area (Å²) in [6.45, 7) is 1.28. The van der Waals surface area contributed by atoms with Crippen LogP contribution in [0.4, 0.5) is 19.0 Å². The van der Waals surface area contributed by atoms with Gasteiger partial charge in [-0.1, -0.05) is 0 Å². The number of amides is 1. The number of carbonyl (C=O) groups is 1. The molecule has 2 rings (SSSR count). The Labute approximate surface area is 137 Å². The molecule has 1 aliphatic heterocycles. The van der Waals surface area contributed by atoms with Gasteiger partial charge in [-0.05, 0) is 19.8 Å². The van der Waals surface area contributed by atoms with Crippen molar-refractivity contribution >= 4 is 11.7 Å². The van der Waals surface area contributed by atoms with Crippen LogP contribution >= 0.6 is 0 Å². The van der Waals surface area contributed by atoms with E-state index in [1.807, 2.05) is 11.0 Å². The Morgan fingerprint density at radius 2 is 2.21 bits per heavy atom. The molecular weight excluding hydrogens is 323 g/mol. The first-order valence-electron chi connectivity index (χ1n) is 7.66. The van der Waals surface area contributed by atoms with E-state index < -0.39 is 24.5 Å². The standard InChI is InChI=1S/C15H18F3N5O/c1-2-22(10-15(16,17)18)14(24)11-4-3-5-23(9-11)13-8-20-12(6-19)7-21-13/h7-8,11H,2-5,9-10H2,1H3. The fourth-order valence-electron chi connectivity index (χ4n) is 2.75. The van der Waals surface area contributed by atoms with E-state index in [9.17, 15) is 18.0 Å². The van der Waals surface area contributed by atoms with Crippen LogP contribution in [0.5, 0.6) is 0 Å². The smallest absolute Gasteiger partial charge is 0.355 e. The lowest BCUT2D eigenvalue weighted by molar-refractivity contribution is -0.163. The van der Waals surface area contributed by atoms with Crippen molar-refractivity contribution in [3.8, 4) is 6.07 Å². The van der Waals surface area contributed by atoms with E-state index in [1.54, 1.807) is 0 Å². The Kier molecular flexibility index (Phi) is 5.59. The quantitative estimate of drug-likeness (QED) is 0.837. The second kappa shape index (κ2) is 7.47. The molecule has 1 aromatic rings. The molecule has 0 saturated carbocycles. The molecule has 0 aromatic carbocycles. The summed E-state index contributed by atoms with van der Waals surface area (Å²) in [5, 5.41) is 8.73. The molecule has 1 aromatic heterocycles. The summed E-state index contributed by atoms with van der Waals surface area (Å²) in [7, 11) is 0. The molecule has 1 atom stereocenters. The number of nitriles is 1. The van der Waals surface area contributed by atoms with Crippen molar-refractivity contribution in [2.75, 3.05) is 31.1 Å². The highest BCUT2D eigenvalue weighted by Crippen LogP contribution is 2.24. The van der Waals surface area contributed by atoms with Gasteiger partial charge < -0.3 is 9.80 Å². The molecule has 9 heteroatoms. The van der Waals surface area contributed by atoms with Crippen molar-refractivity contribution in [3.63, 3.8) is 0 Å². The Morgan fingerprint density at radius 3 is 2.75 bits per heavy atom. The molecule has 1 aliphatic rings. The van der Waals surface area contributed by atoms with Crippen molar-refractivity contribution in [2.45, 2.75) is 25.9 Å². The lowest BCUT2D eigenvalue weighted by Gasteiger charge is -2.35. The van der Waals surface area contributed by atoms with Crippen LogP contribution in [0.3, 0.4) is 0 Å². The van der Waals surface area contributed by atoms with Gasteiger partial charge in [-0.3, -0.25) is 4.79 Å². The SMILES string of the molecule is CCN(CC(F)(F)F)C(=O)C1CCCN(c2cnc(C#N)cn2)C1. The summed E-state index contributed by atoms with van der Waals surface area (Å²) in [6.07, 6.45) is -0.394. The average molecular weight is 341 g/mol. The number of piperidine rings is 1. The zero-order valence-electron chi connectivity index (χ0n) is 13.3. The van der Waals surface area contributed by atoms with Crippen LogP contribution in [0.25, 0.3) is 0 Å². The lowest BCUT2D eigenvalue weighted by atomic mass is 9.96. The molecule has 0 N–H and O–H groups in total. The van der Waals surface area contributed by atoms with Gasteiger partial charge in [-0.15, -0.1) is 0 Å². The predicted octanol–water partition coefficient (Wildman–Crippen LogP) is 1.98. The first-order valence-corrected chi connectivity index (χ1v) is 7.66. The maximum Gasteiger partial charge on any atom is 0.406 e. The number of halogens is 3. The van der Waals surface area contributed by atoms with Crippen LogP contribution in [0, 0.1) is 17.2 Å². The Balaban J connectivity index is 2.06. The van der Waals surface area contributed by atoms with Crippen LogP contribution < -0.4 is 4.90 Å². The minimum Gasteiger partial charge on any atom is -0.355 e. The third-order valence-electron chi connectivity index (χ3n) is 3.91. The van der Waals surface area contributed by atoms with E-state index in [2.05, 4.69) is 9.97 Å². The number of hydrogen-bond acceptors (Lipinski definition) is 5. The number of carbonyl (C=O) groups excluding carboxylic acids is 1. The second-order valence-corrected chi connectivity index (χ2v) is 5.62. The van der Waals surface area contributed by atoms with Crippen molar-refractivity contribution in [1.29, 1.82) is 5.26 Å². The maximum absolute atomic E-state index is 12.6. The first-order chi connectivity index (χ1) is 11.3. The molecular formula is C15H18F3N5O. The highest BCUT2D eigenvalue weighted by molar-refractivity contribution is 5.79. The molecule has 0 aliphatic carbocycles. The Hall–Kier alpha value is -2.37. The fraction of sp³-hybridized carbons (Fsp3) is 0.600. The van der Waals surface area contributed by atoms with Crippen LogP contribution in [0.2, 0.25) is 0 Å². The number of hydrogen-bond donors (Lipinski definition) is 0. The summed E-state index contributed by atoms with van der Waals surface area (Å²) in [4.78, 5) is 23.1. The lowest BCUT2D eigenvalue weighted by Crippen LogP contribution is -2.47. The molecule has 130 valence electrons. The molecule has 1 fully saturated rings. The van der Waals surface area contributed by atoms with Crippen LogP contribution in [-0.4, -0.2) is 53.1 Å². The van der Waals surface area contributed by atoms with E-state index >= 15 is 0 Å². The number of alkyl halides is 3. The Bertz CT molecular complexity index is 611. The van der Waals surface area contributed by atoms with Gasteiger partial charge >= 0.3 is 6.18 Å². The van der Waals surface area contributed by atoms with Gasteiger partial charge in [0.2, 0.25) is 5.91 Å². The van der Waals surface area contributed by atoms with E-state index in [0.717, 1.165) is 4.90 Å². The topological polar surface area (TPSA) is 73.1 Å². The van der Waals surface area contributed by atoms with Crippen LogP contribution in [0.1, 0.15) is 25.5 Å². The number of anilines is 1. The van der Waals surface area contributed by atoms with Gasteiger partial charge in [0.15, 0.2) is 5.69 Å². The number of rotatable bonds is 4. The van der Waals surface area contributed by atoms with Crippen molar-refractivity contribution in [1.82, 2.24) is 14.9 Å². The van der Waals surface area contributed by atoms with Gasteiger partial charge in [0.1, 0.15) is 18.4 Å². The molecule has 0 bridgehead atoms. The first kappa shape index (κ1) is 18.0. The summed E-state index contributed by atoms with van der Waals surface area (Å²) < 4.78 is 37.8. The van der Waals surface area contributed by atoms with Gasteiger partial charge in [-0.25, -0.2) is 9.97 Å². The van der Waals surface area contributed by atoms with Gasteiger partial charge in [0, 0.05) is 19.6 Å². The Morgan fingerprint density at radius 1 is 1.46 bits per heavy atom.